The number of benzene rings is 2. The first kappa shape index (κ1) is 12.6. The lowest BCUT2D eigenvalue weighted by Gasteiger charge is -2.12. The van der Waals surface area contributed by atoms with E-state index in [1.54, 1.807) is 0 Å². The fraction of sp³-hybridized carbons (Fsp3) is 0.278. The standard InChI is InChI=1S/C18H18N2O/c21-18(17-6-3-9-19-17)20-14-8-7-13-10-12-4-1-2-5-15(12)16(13)11-14/h1-2,4-5,7-8,11,17,19H,3,6,9-10H2,(H,20,21). The molecule has 1 unspecified atom stereocenters. The molecule has 0 saturated carbocycles. The Hall–Kier alpha value is -2.13. The van der Waals surface area contributed by atoms with Gasteiger partial charge >= 0.3 is 0 Å². The number of hydrogen-bond donors (Lipinski definition) is 2. The van der Waals surface area contributed by atoms with Crippen LogP contribution >= 0.6 is 0 Å². The van der Waals surface area contributed by atoms with Gasteiger partial charge < -0.3 is 10.6 Å². The normalized spacial score (nSPS) is 19.1. The Bertz CT molecular complexity index is 702. The first-order valence-corrected chi connectivity index (χ1v) is 7.57. The fourth-order valence-electron chi connectivity index (χ4n) is 3.34. The monoisotopic (exact) mass is 278 g/mol. The molecule has 106 valence electrons. The second-order valence-corrected chi connectivity index (χ2v) is 5.84. The lowest BCUT2D eigenvalue weighted by atomic mass is 10.1. The molecule has 2 aromatic carbocycles. The number of rotatable bonds is 2. The molecule has 0 aromatic heterocycles. The van der Waals surface area contributed by atoms with Gasteiger partial charge in [-0.2, -0.15) is 0 Å². The zero-order chi connectivity index (χ0) is 14.2. The summed E-state index contributed by atoms with van der Waals surface area (Å²) in [6, 6.07) is 14.7. The summed E-state index contributed by atoms with van der Waals surface area (Å²) >= 11 is 0. The second kappa shape index (κ2) is 5.01. The molecule has 2 N–H and O–H groups in total. The van der Waals surface area contributed by atoms with E-state index in [0.717, 1.165) is 31.5 Å². The molecule has 0 spiro atoms. The van der Waals surface area contributed by atoms with E-state index in [1.165, 1.54) is 22.3 Å². The van der Waals surface area contributed by atoms with Crippen LogP contribution in [0.4, 0.5) is 5.69 Å². The molecule has 1 fully saturated rings. The van der Waals surface area contributed by atoms with Gasteiger partial charge in [-0.25, -0.2) is 0 Å². The van der Waals surface area contributed by atoms with E-state index < -0.39 is 0 Å². The van der Waals surface area contributed by atoms with Crippen molar-refractivity contribution in [2.24, 2.45) is 0 Å². The number of nitrogens with one attached hydrogen (secondary N) is 2. The molecule has 1 aliphatic carbocycles. The second-order valence-electron chi connectivity index (χ2n) is 5.84. The van der Waals surface area contributed by atoms with Crippen molar-refractivity contribution in [3.05, 3.63) is 53.6 Å². The van der Waals surface area contributed by atoms with Gasteiger partial charge in [0.1, 0.15) is 0 Å². The maximum atomic E-state index is 12.2. The molecule has 21 heavy (non-hydrogen) atoms. The Balaban J connectivity index is 1.60. The van der Waals surface area contributed by atoms with Crippen LogP contribution in [-0.4, -0.2) is 18.5 Å². The SMILES string of the molecule is O=C(Nc1ccc2c(c1)-c1ccccc1C2)C1CCCN1. The molecule has 3 heteroatoms. The van der Waals surface area contributed by atoms with Crippen molar-refractivity contribution in [1.29, 1.82) is 0 Å². The third kappa shape index (κ3) is 2.24. The highest BCUT2D eigenvalue weighted by Gasteiger charge is 2.23. The van der Waals surface area contributed by atoms with E-state index in [4.69, 9.17) is 0 Å². The zero-order valence-electron chi connectivity index (χ0n) is 11.9. The molecular formula is C18H18N2O. The summed E-state index contributed by atoms with van der Waals surface area (Å²) in [6.45, 7) is 0.940. The molecule has 1 amide bonds. The number of amides is 1. The number of anilines is 1. The predicted molar refractivity (Wildman–Crippen MR) is 84.3 cm³/mol. The average molecular weight is 278 g/mol. The highest BCUT2D eigenvalue weighted by molar-refractivity contribution is 5.96. The van der Waals surface area contributed by atoms with Crippen LogP contribution in [0.3, 0.4) is 0 Å². The summed E-state index contributed by atoms with van der Waals surface area (Å²) < 4.78 is 0. The molecule has 1 aliphatic heterocycles. The molecule has 0 radical (unpaired) electrons. The molecule has 2 aliphatic rings. The van der Waals surface area contributed by atoms with Crippen LogP contribution in [0.15, 0.2) is 42.5 Å². The van der Waals surface area contributed by atoms with Gasteiger partial charge in [-0.05, 0) is 60.2 Å². The van der Waals surface area contributed by atoms with Crippen LogP contribution in [0.25, 0.3) is 11.1 Å². The van der Waals surface area contributed by atoms with E-state index >= 15 is 0 Å². The van der Waals surface area contributed by atoms with Gasteiger partial charge in [0.15, 0.2) is 0 Å². The Morgan fingerprint density at radius 2 is 1.95 bits per heavy atom. The van der Waals surface area contributed by atoms with Gasteiger partial charge in [-0.15, -0.1) is 0 Å². The molecule has 2 aromatic rings. The Morgan fingerprint density at radius 1 is 1.10 bits per heavy atom. The first-order chi connectivity index (χ1) is 10.3. The van der Waals surface area contributed by atoms with Gasteiger partial charge in [0.25, 0.3) is 0 Å². The maximum Gasteiger partial charge on any atom is 0.241 e. The molecule has 0 bridgehead atoms. The van der Waals surface area contributed by atoms with Crippen molar-refractivity contribution in [1.82, 2.24) is 5.32 Å². The van der Waals surface area contributed by atoms with Crippen LogP contribution in [0.1, 0.15) is 24.0 Å². The van der Waals surface area contributed by atoms with E-state index in [9.17, 15) is 4.79 Å². The highest BCUT2D eigenvalue weighted by Crippen LogP contribution is 2.37. The van der Waals surface area contributed by atoms with E-state index in [0.29, 0.717) is 0 Å². The lowest BCUT2D eigenvalue weighted by Crippen LogP contribution is -2.35. The summed E-state index contributed by atoms with van der Waals surface area (Å²) in [5.41, 5.74) is 6.15. The lowest BCUT2D eigenvalue weighted by molar-refractivity contribution is -0.117. The van der Waals surface area contributed by atoms with E-state index in [2.05, 4.69) is 47.0 Å². The highest BCUT2D eigenvalue weighted by atomic mass is 16.2. The summed E-state index contributed by atoms with van der Waals surface area (Å²) in [5.74, 6) is 0.0822. The Labute approximate surface area is 124 Å². The third-order valence-corrected chi connectivity index (χ3v) is 4.44. The molecule has 1 saturated heterocycles. The molecule has 1 atom stereocenters. The van der Waals surface area contributed by atoms with Crippen molar-refractivity contribution in [3.63, 3.8) is 0 Å². The van der Waals surface area contributed by atoms with Crippen molar-refractivity contribution in [2.45, 2.75) is 25.3 Å². The number of carbonyl (C=O) groups excluding carboxylic acids is 1. The van der Waals surface area contributed by atoms with E-state index in [-0.39, 0.29) is 11.9 Å². The van der Waals surface area contributed by atoms with Crippen molar-refractivity contribution < 1.29 is 4.79 Å². The summed E-state index contributed by atoms with van der Waals surface area (Å²) in [7, 11) is 0. The van der Waals surface area contributed by atoms with Crippen LogP contribution in [0.2, 0.25) is 0 Å². The van der Waals surface area contributed by atoms with Crippen molar-refractivity contribution in [2.75, 3.05) is 11.9 Å². The van der Waals surface area contributed by atoms with Crippen LogP contribution in [0, 0.1) is 0 Å². The predicted octanol–water partition coefficient (Wildman–Crippen LogP) is 2.95. The Morgan fingerprint density at radius 3 is 2.81 bits per heavy atom. The summed E-state index contributed by atoms with van der Waals surface area (Å²) in [4.78, 5) is 12.2. The van der Waals surface area contributed by atoms with E-state index in [1.807, 2.05) is 6.07 Å². The van der Waals surface area contributed by atoms with Crippen molar-refractivity contribution >= 4 is 11.6 Å². The first-order valence-electron chi connectivity index (χ1n) is 7.57. The Kier molecular flexibility index (Phi) is 3.00. The van der Waals surface area contributed by atoms with Gasteiger partial charge in [-0.1, -0.05) is 30.3 Å². The van der Waals surface area contributed by atoms with Gasteiger partial charge in [0.2, 0.25) is 5.91 Å². The number of carbonyl (C=O) groups is 1. The van der Waals surface area contributed by atoms with Crippen molar-refractivity contribution in [3.8, 4) is 11.1 Å². The molecule has 4 rings (SSSR count). The van der Waals surface area contributed by atoms with Gasteiger partial charge in [-0.3, -0.25) is 4.79 Å². The maximum absolute atomic E-state index is 12.2. The largest absolute Gasteiger partial charge is 0.325 e. The van der Waals surface area contributed by atoms with Crippen LogP contribution in [0.5, 0.6) is 0 Å². The molecule has 1 heterocycles. The average Bonchev–Trinajstić information content (AvgIpc) is 3.14. The zero-order valence-corrected chi connectivity index (χ0v) is 11.9. The van der Waals surface area contributed by atoms with Crippen LogP contribution < -0.4 is 10.6 Å². The number of fused-ring (bicyclic) bond motifs is 3. The third-order valence-electron chi connectivity index (χ3n) is 4.44. The topological polar surface area (TPSA) is 41.1 Å². The van der Waals surface area contributed by atoms with Crippen LogP contribution in [-0.2, 0) is 11.2 Å². The van der Waals surface area contributed by atoms with Gasteiger partial charge in [0.05, 0.1) is 6.04 Å². The summed E-state index contributed by atoms with van der Waals surface area (Å²) in [5, 5.41) is 6.28. The smallest absolute Gasteiger partial charge is 0.241 e. The quantitative estimate of drug-likeness (QED) is 0.756. The fourth-order valence-corrected chi connectivity index (χ4v) is 3.34. The minimum atomic E-state index is -0.0365. The molecular weight excluding hydrogens is 260 g/mol. The molecule has 3 nitrogen and oxygen atoms in total. The summed E-state index contributed by atoms with van der Waals surface area (Å²) in [6.07, 6.45) is 3.00. The van der Waals surface area contributed by atoms with Gasteiger partial charge in [0, 0.05) is 5.69 Å². The minimum Gasteiger partial charge on any atom is -0.325 e. The minimum absolute atomic E-state index is 0.0365. The number of hydrogen-bond acceptors (Lipinski definition) is 2.